The summed E-state index contributed by atoms with van der Waals surface area (Å²) in [6, 6.07) is 1.78. The largest absolute Gasteiger partial charge is 0.387 e. The summed E-state index contributed by atoms with van der Waals surface area (Å²) in [4.78, 5) is 16.0. The van der Waals surface area contributed by atoms with E-state index < -0.39 is 0 Å². The molecule has 0 fully saturated rings. The van der Waals surface area contributed by atoms with Gasteiger partial charge in [0, 0.05) is 31.7 Å². The van der Waals surface area contributed by atoms with Crippen molar-refractivity contribution in [1.82, 2.24) is 10.3 Å². The van der Waals surface area contributed by atoms with Crippen molar-refractivity contribution in [2.45, 2.75) is 13.5 Å². The molecule has 1 amide bonds. The van der Waals surface area contributed by atoms with Crippen molar-refractivity contribution < 1.29 is 4.79 Å². The summed E-state index contributed by atoms with van der Waals surface area (Å²) in [5, 5.41) is 10.0. The molecule has 5 heteroatoms. The van der Waals surface area contributed by atoms with Gasteiger partial charge in [0.25, 0.3) is 5.91 Å². The highest BCUT2D eigenvalue weighted by Crippen LogP contribution is 2.15. The van der Waals surface area contributed by atoms with Crippen molar-refractivity contribution >= 4 is 22.9 Å². The number of carbonyl (C=O) groups is 1. The fourth-order valence-electron chi connectivity index (χ4n) is 1.63. The number of rotatable bonds is 4. The summed E-state index contributed by atoms with van der Waals surface area (Å²) in [7, 11) is 1.79. The number of carbonyl (C=O) groups excluding carboxylic acids is 1. The van der Waals surface area contributed by atoms with Gasteiger partial charge in [0.1, 0.15) is 0 Å². The highest BCUT2D eigenvalue weighted by atomic mass is 32.1. The molecular formula is C13H15N3OS. The number of anilines is 1. The first-order valence-electron chi connectivity index (χ1n) is 5.64. The monoisotopic (exact) mass is 261 g/mol. The number of nitrogens with zero attached hydrogens (tertiary/aromatic N) is 1. The van der Waals surface area contributed by atoms with Gasteiger partial charge < -0.3 is 10.6 Å². The van der Waals surface area contributed by atoms with E-state index in [1.807, 2.05) is 6.92 Å². The van der Waals surface area contributed by atoms with E-state index in [0.29, 0.717) is 12.1 Å². The zero-order valence-electron chi connectivity index (χ0n) is 10.4. The number of hydrogen-bond acceptors (Lipinski definition) is 4. The van der Waals surface area contributed by atoms with Crippen molar-refractivity contribution in [2.24, 2.45) is 0 Å². The van der Waals surface area contributed by atoms with E-state index in [0.717, 1.165) is 11.3 Å². The Morgan fingerprint density at radius 1 is 1.44 bits per heavy atom. The average molecular weight is 261 g/mol. The smallest absolute Gasteiger partial charge is 0.255 e. The van der Waals surface area contributed by atoms with E-state index in [2.05, 4.69) is 26.4 Å². The third-order valence-electron chi connectivity index (χ3n) is 2.74. The summed E-state index contributed by atoms with van der Waals surface area (Å²) in [6.45, 7) is 2.59. The average Bonchev–Trinajstić information content (AvgIpc) is 2.81. The Hall–Kier alpha value is -1.88. The van der Waals surface area contributed by atoms with E-state index in [9.17, 15) is 4.79 Å². The lowest BCUT2D eigenvalue weighted by atomic mass is 10.2. The van der Waals surface area contributed by atoms with E-state index in [1.165, 1.54) is 5.56 Å². The molecule has 0 aliphatic heterocycles. The molecule has 0 bridgehead atoms. The van der Waals surface area contributed by atoms with Crippen LogP contribution in [0.4, 0.5) is 5.69 Å². The van der Waals surface area contributed by atoms with Gasteiger partial charge in [0.2, 0.25) is 0 Å². The normalized spacial score (nSPS) is 10.1. The molecular weight excluding hydrogens is 246 g/mol. The standard InChI is InChI=1S/C13H15N3OS/c1-9-7-18-8-10(9)5-16-13(17)11-6-15-4-3-12(11)14-2/h3-4,6-8H,5H2,1-2H3,(H,14,15)(H,16,17). The second-order valence-corrected chi connectivity index (χ2v) is 4.68. The summed E-state index contributed by atoms with van der Waals surface area (Å²) in [6.07, 6.45) is 3.23. The Bertz CT molecular complexity index is 551. The Kier molecular flexibility index (Phi) is 3.94. The Morgan fingerprint density at radius 2 is 2.28 bits per heavy atom. The molecule has 0 saturated heterocycles. The number of pyridine rings is 1. The van der Waals surface area contributed by atoms with Crippen molar-refractivity contribution in [2.75, 3.05) is 12.4 Å². The van der Waals surface area contributed by atoms with Crippen LogP contribution in [0.5, 0.6) is 0 Å². The van der Waals surface area contributed by atoms with Gasteiger partial charge in [-0.1, -0.05) is 0 Å². The quantitative estimate of drug-likeness (QED) is 0.888. The van der Waals surface area contributed by atoms with Crippen LogP contribution in [0.1, 0.15) is 21.5 Å². The molecule has 4 nitrogen and oxygen atoms in total. The molecule has 2 aromatic rings. The van der Waals surface area contributed by atoms with Gasteiger partial charge in [-0.05, 0) is 34.9 Å². The van der Waals surface area contributed by atoms with E-state index in [-0.39, 0.29) is 5.91 Å². The lowest BCUT2D eigenvalue weighted by Crippen LogP contribution is -2.24. The minimum atomic E-state index is -0.113. The highest BCUT2D eigenvalue weighted by Gasteiger charge is 2.10. The molecule has 0 aliphatic carbocycles. The molecule has 2 aromatic heterocycles. The SMILES string of the molecule is CNc1ccncc1C(=O)NCc1cscc1C. The fourth-order valence-corrected chi connectivity index (χ4v) is 2.49. The minimum Gasteiger partial charge on any atom is -0.387 e. The Labute approximate surface area is 110 Å². The molecule has 18 heavy (non-hydrogen) atoms. The summed E-state index contributed by atoms with van der Waals surface area (Å²) in [5.41, 5.74) is 3.71. The lowest BCUT2D eigenvalue weighted by Gasteiger charge is -2.09. The molecule has 0 aliphatic rings. The summed E-state index contributed by atoms with van der Waals surface area (Å²) < 4.78 is 0. The lowest BCUT2D eigenvalue weighted by molar-refractivity contribution is 0.0951. The van der Waals surface area contributed by atoms with Crippen LogP contribution >= 0.6 is 11.3 Å². The van der Waals surface area contributed by atoms with Gasteiger partial charge in [0.05, 0.1) is 5.56 Å². The van der Waals surface area contributed by atoms with Crippen LogP contribution in [-0.2, 0) is 6.54 Å². The second kappa shape index (κ2) is 5.64. The number of amides is 1. The maximum atomic E-state index is 12.0. The minimum absolute atomic E-state index is 0.113. The van der Waals surface area contributed by atoms with Crippen LogP contribution in [0.2, 0.25) is 0 Å². The van der Waals surface area contributed by atoms with Crippen molar-refractivity contribution in [3.8, 4) is 0 Å². The topological polar surface area (TPSA) is 54.0 Å². The number of thiophene rings is 1. The molecule has 94 valence electrons. The maximum absolute atomic E-state index is 12.0. The highest BCUT2D eigenvalue weighted by molar-refractivity contribution is 7.08. The Morgan fingerprint density at radius 3 is 2.94 bits per heavy atom. The predicted octanol–water partition coefficient (Wildman–Crippen LogP) is 2.42. The maximum Gasteiger partial charge on any atom is 0.255 e. The van der Waals surface area contributed by atoms with Crippen molar-refractivity contribution in [3.63, 3.8) is 0 Å². The zero-order valence-corrected chi connectivity index (χ0v) is 11.2. The number of aryl methyl sites for hydroxylation is 1. The van der Waals surface area contributed by atoms with Gasteiger partial charge in [0.15, 0.2) is 0 Å². The molecule has 0 atom stereocenters. The van der Waals surface area contributed by atoms with E-state index in [1.54, 1.807) is 36.8 Å². The molecule has 2 heterocycles. The summed E-state index contributed by atoms with van der Waals surface area (Å²) in [5.74, 6) is -0.113. The van der Waals surface area contributed by atoms with Gasteiger partial charge in [-0.25, -0.2) is 0 Å². The first kappa shape index (κ1) is 12.6. The van der Waals surface area contributed by atoms with Crippen LogP contribution in [0.25, 0.3) is 0 Å². The van der Waals surface area contributed by atoms with Gasteiger partial charge in [-0.3, -0.25) is 9.78 Å². The predicted molar refractivity (Wildman–Crippen MR) is 74.0 cm³/mol. The van der Waals surface area contributed by atoms with Crippen LogP contribution in [-0.4, -0.2) is 17.9 Å². The van der Waals surface area contributed by atoms with Crippen molar-refractivity contribution in [1.29, 1.82) is 0 Å². The summed E-state index contributed by atoms with van der Waals surface area (Å²) >= 11 is 1.65. The van der Waals surface area contributed by atoms with Gasteiger partial charge >= 0.3 is 0 Å². The van der Waals surface area contributed by atoms with Gasteiger partial charge in [-0.2, -0.15) is 11.3 Å². The van der Waals surface area contributed by atoms with Crippen LogP contribution in [0.15, 0.2) is 29.2 Å². The van der Waals surface area contributed by atoms with Crippen LogP contribution in [0.3, 0.4) is 0 Å². The van der Waals surface area contributed by atoms with Crippen LogP contribution in [0, 0.1) is 6.92 Å². The molecule has 2 rings (SSSR count). The zero-order chi connectivity index (χ0) is 13.0. The molecule has 0 saturated carbocycles. The molecule has 2 N–H and O–H groups in total. The van der Waals surface area contributed by atoms with Crippen LogP contribution < -0.4 is 10.6 Å². The first-order valence-corrected chi connectivity index (χ1v) is 6.58. The first-order chi connectivity index (χ1) is 8.72. The van der Waals surface area contributed by atoms with Gasteiger partial charge in [-0.15, -0.1) is 0 Å². The van der Waals surface area contributed by atoms with E-state index in [4.69, 9.17) is 0 Å². The number of nitrogens with one attached hydrogen (secondary N) is 2. The number of aromatic nitrogens is 1. The molecule has 0 aromatic carbocycles. The van der Waals surface area contributed by atoms with E-state index >= 15 is 0 Å². The third kappa shape index (κ3) is 2.68. The fraction of sp³-hybridized carbons (Fsp3) is 0.231. The third-order valence-corrected chi connectivity index (χ3v) is 3.65. The molecule has 0 unspecified atom stereocenters. The van der Waals surface area contributed by atoms with Crippen molar-refractivity contribution in [3.05, 3.63) is 45.9 Å². The Balaban J connectivity index is 2.06. The second-order valence-electron chi connectivity index (χ2n) is 3.93. The molecule has 0 radical (unpaired) electrons. The number of hydrogen-bond donors (Lipinski definition) is 2. The molecule has 0 spiro atoms.